The van der Waals surface area contributed by atoms with Crippen LogP contribution >= 0.6 is 24.0 Å². The van der Waals surface area contributed by atoms with Gasteiger partial charge in [-0.2, -0.15) is 0 Å². The average molecular weight is 555 g/mol. The smallest absolute Gasteiger partial charge is 0.230 e. The summed E-state index contributed by atoms with van der Waals surface area (Å²) in [6.45, 7) is 0.941. The molecule has 1 aliphatic rings. The van der Waals surface area contributed by atoms with Crippen molar-refractivity contribution in [3.63, 3.8) is 0 Å². The van der Waals surface area contributed by atoms with E-state index in [9.17, 15) is 9.18 Å². The van der Waals surface area contributed by atoms with Crippen molar-refractivity contribution >= 4 is 35.8 Å². The Morgan fingerprint density at radius 3 is 2.62 bits per heavy atom. The Morgan fingerprint density at radius 2 is 1.97 bits per heavy atom. The third-order valence-corrected chi connectivity index (χ3v) is 5.55. The topological polar surface area (TPSA) is 78.9 Å². The van der Waals surface area contributed by atoms with Gasteiger partial charge in [0.25, 0.3) is 0 Å². The van der Waals surface area contributed by atoms with Gasteiger partial charge in [0.05, 0.1) is 5.41 Å². The number of amides is 1. The summed E-state index contributed by atoms with van der Waals surface area (Å²) >= 11 is 0. The molecule has 1 heterocycles. The Bertz CT molecular complexity index is 932. The van der Waals surface area contributed by atoms with E-state index in [1.54, 1.807) is 44.4 Å². The number of ether oxygens (including phenoxy) is 1. The summed E-state index contributed by atoms with van der Waals surface area (Å²) in [5, 5.41) is 6.57. The summed E-state index contributed by atoms with van der Waals surface area (Å²) in [5.41, 5.74) is 0.413. The van der Waals surface area contributed by atoms with Crippen molar-refractivity contribution in [3.05, 3.63) is 54.0 Å². The Labute approximate surface area is 205 Å². The minimum atomic E-state index is -0.388. The third-order valence-electron chi connectivity index (χ3n) is 5.55. The van der Waals surface area contributed by atoms with Crippen LogP contribution < -0.4 is 15.4 Å². The van der Waals surface area contributed by atoms with Crippen molar-refractivity contribution in [1.29, 1.82) is 0 Å². The zero-order valence-electron chi connectivity index (χ0n) is 18.7. The van der Waals surface area contributed by atoms with Gasteiger partial charge in [-0.3, -0.25) is 9.79 Å². The zero-order valence-corrected chi connectivity index (χ0v) is 21.1. The van der Waals surface area contributed by atoms with Crippen molar-refractivity contribution in [2.75, 3.05) is 27.7 Å². The lowest BCUT2D eigenvalue weighted by molar-refractivity contribution is -0.138. The minimum Gasteiger partial charge on any atom is -0.439 e. The second kappa shape index (κ2) is 12.0. The van der Waals surface area contributed by atoms with E-state index < -0.39 is 0 Å². The highest BCUT2D eigenvalue weighted by molar-refractivity contribution is 14.0. The number of aliphatic imine (C=N–C) groups is 1. The normalized spacial score (nSPS) is 14.9. The molecule has 1 amide bonds. The van der Waals surface area contributed by atoms with Crippen LogP contribution in [0.5, 0.6) is 11.6 Å². The number of pyridine rings is 1. The Balaban J connectivity index is 0.00000363. The lowest BCUT2D eigenvalue weighted by atomic mass is 9.84. The summed E-state index contributed by atoms with van der Waals surface area (Å²) in [7, 11) is 5.30. The zero-order chi connectivity index (χ0) is 22.3. The standard InChI is InChI=1S/C23H30FN5O2.HI/c1-25-22(28-16-23(11-4-5-12-23)21(30)29(2)3)27-15-17-8-7-13-26-20(17)31-19-10-6-9-18(24)14-19;/h6-10,13-14H,4-5,11-12,15-16H2,1-3H3,(H2,25,27,28);1H. The van der Waals surface area contributed by atoms with Crippen molar-refractivity contribution < 1.29 is 13.9 Å². The molecule has 0 radical (unpaired) electrons. The molecule has 2 aromatic rings. The summed E-state index contributed by atoms with van der Waals surface area (Å²) in [6.07, 6.45) is 5.50. The van der Waals surface area contributed by atoms with Crippen molar-refractivity contribution in [3.8, 4) is 11.6 Å². The van der Waals surface area contributed by atoms with Gasteiger partial charge in [0.2, 0.25) is 11.8 Å². The summed E-state index contributed by atoms with van der Waals surface area (Å²) in [6, 6.07) is 9.64. The van der Waals surface area contributed by atoms with Gasteiger partial charge in [-0.15, -0.1) is 24.0 Å². The highest BCUT2D eigenvalue weighted by Crippen LogP contribution is 2.38. The van der Waals surface area contributed by atoms with Gasteiger partial charge in [-0.25, -0.2) is 9.37 Å². The molecule has 1 fully saturated rings. The molecule has 1 aromatic carbocycles. The van der Waals surface area contributed by atoms with Crippen LogP contribution in [0.3, 0.4) is 0 Å². The summed E-state index contributed by atoms with van der Waals surface area (Å²) in [5.74, 6) is 1.16. The van der Waals surface area contributed by atoms with Crippen LogP contribution in [0.1, 0.15) is 31.2 Å². The fourth-order valence-electron chi connectivity index (χ4n) is 3.94. The highest BCUT2D eigenvalue weighted by Gasteiger charge is 2.42. The van der Waals surface area contributed by atoms with Crippen LogP contribution in [-0.4, -0.2) is 49.4 Å². The number of nitrogens with one attached hydrogen (secondary N) is 2. The average Bonchev–Trinajstić information content (AvgIpc) is 3.24. The van der Waals surface area contributed by atoms with Gasteiger partial charge in [0.1, 0.15) is 11.6 Å². The maximum Gasteiger partial charge on any atom is 0.230 e. The predicted octanol–water partition coefficient (Wildman–Crippen LogP) is 3.94. The van der Waals surface area contributed by atoms with Crippen LogP contribution in [0.15, 0.2) is 47.6 Å². The van der Waals surface area contributed by atoms with E-state index >= 15 is 0 Å². The SMILES string of the molecule is CN=C(NCc1cccnc1Oc1cccc(F)c1)NCC1(C(=O)N(C)C)CCCC1.I. The molecule has 1 saturated carbocycles. The van der Waals surface area contributed by atoms with E-state index in [1.165, 1.54) is 12.1 Å². The first-order valence-electron chi connectivity index (χ1n) is 10.5. The molecular formula is C23H31FIN5O2. The molecule has 0 spiro atoms. The molecule has 0 bridgehead atoms. The largest absolute Gasteiger partial charge is 0.439 e. The van der Waals surface area contributed by atoms with Crippen LogP contribution in [0.4, 0.5) is 4.39 Å². The van der Waals surface area contributed by atoms with E-state index in [4.69, 9.17) is 4.74 Å². The molecule has 1 aliphatic carbocycles. The number of rotatable bonds is 7. The van der Waals surface area contributed by atoms with Crippen molar-refractivity contribution in [2.45, 2.75) is 32.2 Å². The van der Waals surface area contributed by atoms with E-state index in [0.29, 0.717) is 30.7 Å². The van der Waals surface area contributed by atoms with Gasteiger partial charge < -0.3 is 20.3 Å². The lowest BCUT2D eigenvalue weighted by Crippen LogP contribution is -2.49. The van der Waals surface area contributed by atoms with Gasteiger partial charge in [-0.05, 0) is 31.0 Å². The number of hydrogen-bond donors (Lipinski definition) is 2. The Morgan fingerprint density at radius 1 is 1.22 bits per heavy atom. The minimum absolute atomic E-state index is 0. The van der Waals surface area contributed by atoms with E-state index in [2.05, 4.69) is 20.6 Å². The molecule has 1 aromatic heterocycles. The molecule has 2 N–H and O–H groups in total. The molecule has 3 rings (SSSR count). The molecule has 174 valence electrons. The van der Waals surface area contributed by atoms with Crippen molar-refractivity contribution in [1.82, 2.24) is 20.5 Å². The number of carbonyl (C=O) groups excluding carboxylic acids is 1. The molecular weight excluding hydrogens is 524 g/mol. The van der Waals surface area contributed by atoms with Crippen LogP contribution in [0.25, 0.3) is 0 Å². The second-order valence-corrected chi connectivity index (χ2v) is 7.99. The second-order valence-electron chi connectivity index (χ2n) is 7.99. The molecule has 32 heavy (non-hydrogen) atoms. The lowest BCUT2D eigenvalue weighted by Gasteiger charge is -2.31. The molecule has 0 atom stereocenters. The van der Waals surface area contributed by atoms with E-state index in [-0.39, 0.29) is 41.1 Å². The van der Waals surface area contributed by atoms with Gasteiger partial charge >= 0.3 is 0 Å². The quantitative estimate of drug-likeness (QED) is 0.308. The fraction of sp³-hybridized carbons (Fsp3) is 0.435. The first-order chi connectivity index (χ1) is 14.9. The van der Waals surface area contributed by atoms with E-state index in [0.717, 1.165) is 31.2 Å². The Hall–Kier alpha value is -2.43. The highest BCUT2D eigenvalue weighted by atomic mass is 127. The van der Waals surface area contributed by atoms with Gasteiger partial charge in [0.15, 0.2) is 5.96 Å². The molecule has 7 nitrogen and oxygen atoms in total. The van der Waals surface area contributed by atoms with Gasteiger partial charge in [0, 0.05) is 52.1 Å². The van der Waals surface area contributed by atoms with Gasteiger partial charge in [-0.1, -0.05) is 25.0 Å². The first-order valence-corrected chi connectivity index (χ1v) is 10.5. The Kier molecular flexibility index (Phi) is 9.67. The molecule has 0 unspecified atom stereocenters. The molecule has 9 heteroatoms. The molecule has 0 saturated heterocycles. The number of aromatic nitrogens is 1. The predicted molar refractivity (Wildman–Crippen MR) is 134 cm³/mol. The van der Waals surface area contributed by atoms with Crippen LogP contribution in [0.2, 0.25) is 0 Å². The number of nitrogens with zero attached hydrogens (tertiary/aromatic N) is 3. The van der Waals surface area contributed by atoms with Crippen LogP contribution in [0, 0.1) is 11.2 Å². The summed E-state index contributed by atoms with van der Waals surface area (Å²) < 4.78 is 19.2. The maximum absolute atomic E-state index is 13.5. The number of hydrogen-bond acceptors (Lipinski definition) is 4. The van der Waals surface area contributed by atoms with E-state index in [1.807, 2.05) is 12.1 Å². The summed E-state index contributed by atoms with van der Waals surface area (Å²) in [4.78, 5) is 23.0. The molecule has 0 aliphatic heterocycles. The number of halogens is 2. The number of benzene rings is 1. The van der Waals surface area contributed by atoms with Crippen LogP contribution in [-0.2, 0) is 11.3 Å². The first kappa shape index (κ1) is 25.8. The number of carbonyl (C=O) groups is 1. The maximum atomic E-state index is 13.5. The monoisotopic (exact) mass is 555 g/mol. The fourth-order valence-corrected chi connectivity index (χ4v) is 3.94. The van der Waals surface area contributed by atoms with Crippen molar-refractivity contribution in [2.24, 2.45) is 10.4 Å². The number of guanidine groups is 1. The third kappa shape index (κ3) is 6.54.